The third-order valence-electron chi connectivity index (χ3n) is 6.72. The van der Waals surface area contributed by atoms with Gasteiger partial charge in [0.25, 0.3) is 5.56 Å². The molecule has 1 aromatic heterocycles. The van der Waals surface area contributed by atoms with Crippen molar-refractivity contribution in [3.8, 4) is 11.1 Å². The zero-order valence-corrected chi connectivity index (χ0v) is 24.1. The van der Waals surface area contributed by atoms with Gasteiger partial charge in [0.1, 0.15) is 12.4 Å². The normalized spacial score (nSPS) is 11.5. The van der Waals surface area contributed by atoms with Crippen molar-refractivity contribution in [1.29, 1.82) is 0 Å². The standard InChI is InChI=1S/C32H31F4N3O2S/c1-3-17-38(18-22-5-9-25(10-6-22)26-11-13-27(14-12-26)32(34,35)36)29(40)20-39-19-24(4-2)30(41)37-31(39)42-21-23-7-15-28(33)16-8-23/h5-16,19H,3-4,17-18,20-21H2,1-2H3. The van der Waals surface area contributed by atoms with Crippen LogP contribution in [0.4, 0.5) is 17.6 Å². The summed E-state index contributed by atoms with van der Waals surface area (Å²) in [5.74, 6) is -0.0159. The molecule has 0 atom stereocenters. The fourth-order valence-corrected chi connectivity index (χ4v) is 5.32. The van der Waals surface area contributed by atoms with E-state index in [2.05, 4.69) is 4.98 Å². The van der Waals surface area contributed by atoms with Gasteiger partial charge in [-0.25, -0.2) is 4.39 Å². The molecule has 4 aromatic rings. The quantitative estimate of drug-likeness (QED) is 0.103. The molecule has 5 nitrogen and oxygen atoms in total. The summed E-state index contributed by atoms with van der Waals surface area (Å²) in [6.07, 6.45) is -1.48. The molecule has 220 valence electrons. The van der Waals surface area contributed by atoms with Gasteiger partial charge in [0.15, 0.2) is 5.16 Å². The number of halogens is 4. The minimum atomic E-state index is -4.39. The molecule has 0 bridgehead atoms. The number of alkyl halides is 3. The van der Waals surface area contributed by atoms with Crippen LogP contribution in [0.1, 0.15) is 42.5 Å². The van der Waals surface area contributed by atoms with Crippen LogP contribution in [-0.2, 0) is 36.2 Å². The summed E-state index contributed by atoms with van der Waals surface area (Å²) >= 11 is 1.31. The van der Waals surface area contributed by atoms with Crippen LogP contribution in [-0.4, -0.2) is 26.9 Å². The number of aromatic nitrogens is 2. The fourth-order valence-electron chi connectivity index (χ4n) is 4.40. The van der Waals surface area contributed by atoms with E-state index in [1.807, 2.05) is 38.1 Å². The average Bonchev–Trinajstić information content (AvgIpc) is 2.97. The lowest BCUT2D eigenvalue weighted by Gasteiger charge is -2.24. The Labute approximate surface area is 246 Å². The topological polar surface area (TPSA) is 55.2 Å². The van der Waals surface area contributed by atoms with E-state index in [0.29, 0.717) is 41.5 Å². The summed E-state index contributed by atoms with van der Waals surface area (Å²) < 4.78 is 53.7. The van der Waals surface area contributed by atoms with E-state index in [0.717, 1.165) is 35.2 Å². The van der Waals surface area contributed by atoms with E-state index < -0.39 is 11.7 Å². The SMILES string of the molecule is CCCN(Cc1ccc(-c2ccc(C(F)(F)F)cc2)cc1)C(=O)Cn1cc(CC)c(=O)nc1SCc1ccc(F)cc1. The van der Waals surface area contributed by atoms with Crippen molar-refractivity contribution in [2.75, 3.05) is 6.54 Å². The predicted molar refractivity (Wildman–Crippen MR) is 156 cm³/mol. The molecule has 42 heavy (non-hydrogen) atoms. The molecule has 0 spiro atoms. The molecule has 0 aliphatic carbocycles. The van der Waals surface area contributed by atoms with Crippen LogP contribution in [0.5, 0.6) is 0 Å². The maximum Gasteiger partial charge on any atom is 0.416 e. The Morgan fingerprint density at radius 1 is 0.905 bits per heavy atom. The molecular weight excluding hydrogens is 566 g/mol. The number of carbonyl (C=O) groups excluding carboxylic acids is 1. The molecule has 0 saturated heterocycles. The average molecular weight is 598 g/mol. The Morgan fingerprint density at radius 2 is 1.50 bits per heavy atom. The zero-order chi connectivity index (χ0) is 30.3. The van der Waals surface area contributed by atoms with Gasteiger partial charge in [0.2, 0.25) is 5.91 Å². The highest BCUT2D eigenvalue weighted by Crippen LogP contribution is 2.31. The number of aryl methyl sites for hydroxylation is 1. The lowest BCUT2D eigenvalue weighted by atomic mass is 10.0. The van der Waals surface area contributed by atoms with Crippen LogP contribution in [0.3, 0.4) is 0 Å². The lowest BCUT2D eigenvalue weighted by molar-refractivity contribution is -0.137. The maximum absolute atomic E-state index is 13.5. The highest BCUT2D eigenvalue weighted by molar-refractivity contribution is 7.98. The molecule has 0 unspecified atom stereocenters. The number of carbonyl (C=O) groups is 1. The summed E-state index contributed by atoms with van der Waals surface area (Å²) in [6.45, 7) is 4.70. The highest BCUT2D eigenvalue weighted by atomic mass is 32.2. The Morgan fingerprint density at radius 3 is 2.07 bits per heavy atom. The number of amides is 1. The zero-order valence-electron chi connectivity index (χ0n) is 23.3. The molecule has 1 heterocycles. The highest BCUT2D eigenvalue weighted by Gasteiger charge is 2.30. The van der Waals surface area contributed by atoms with Crippen molar-refractivity contribution in [1.82, 2.24) is 14.5 Å². The minimum Gasteiger partial charge on any atom is -0.337 e. The molecule has 0 N–H and O–H groups in total. The second-order valence-electron chi connectivity index (χ2n) is 9.84. The number of benzene rings is 3. The molecule has 3 aromatic carbocycles. The summed E-state index contributed by atoms with van der Waals surface area (Å²) in [6, 6.07) is 18.5. The molecule has 0 radical (unpaired) electrons. The Hall–Kier alpha value is -3.92. The second-order valence-corrected chi connectivity index (χ2v) is 10.8. The van der Waals surface area contributed by atoms with E-state index in [4.69, 9.17) is 0 Å². The minimum absolute atomic E-state index is 0.00430. The number of hydrogen-bond acceptors (Lipinski definition) is 4. The largest absolute Gasteiger partial charge is 0.416 e. The van der Waals surface area contributed by atoms with Crippen LogP contribution in [0.15, 0.2) is 88.9 Å². The van der Waals surface area contributed by atoms with E-state index >= 15 is 0 Å². The third-order valence-corrected chi connectivity index (χ3v) is 7.78. The monoisotopic (exact) mass is 597 g/mol. The van der Waals surface area contributed by atoms with Gasteiger partial charge < -0.3 is 9.47 Å². The summed E-state index contributed by atoms with van der Waals surface area (Å²) in [7, 11) is 0. The molecule has 4 rings (SSSR count). The lowest BCUT2D eigenvalue weighted by Crippen LogP contribution is -2.35. The van der Waals surface area contributed by atoms with Crippen LogP contribution in [0.25, 0.3) is 11.1 Å². The van der Waals surface area contributed by atoms with Crippen molar-refractivity contribution < 1.29 is 22.4 Å². The first-order chi connectivity index (χ1) is 20.1. The van der Waals surface area contributed by atoms with Gasteiger partial charge in [-0.15, -0.1) is 0 Å². The Bertz CT molecular complexity index is 1550. The maximum atomic E-state index is 13.5. The molecule has 1 amide bonds. The number of hydrogen-bond donors (Lipinski definition) is 0. The van der Waals surface area contributed by atoms with Crippen molar-refractivity contribution in [2.24, 2.45) is 0 Å². The first-order valence-corrected chi connectivity index (χ1v) is 14.6. The van der Waals surface area contributed by atoms with Gasteiger partial charge in [-0.1, -0.05) is 74.1 Å². The van der Waals surface area contributed by atoms with Crippen LogP contribution in [0.2, 0.25) is 0 Å². The predicted octanol–water partition coefficient (Wildman–Crippen LogP) is 7.36. The van der Waals surface area contributed by atoms with E-state index in [1.165, 1.54) is 36.0 Å². The Kier molecular flexibility index (Phi) is 10.2. The van der Waals surface area contributed by atoms with Gasteiger partial charge in [0, 0.05) is 30.6 Å². The number of nitrogens with zero attached hydrogens (tertiary/aromatic N) is 3. The molecular formula is C32H31F4N3O2S. The molecule has 0 saturated carbocycles. The van der Waals surface area contributed by atoms with Crippen molar-refractivity contribution in [2.45, 2.75) is 56.9 Å². The number of thioether (sulfide) groups is 1. The van der Waals surface area contributed by atoms with Crippen LogP contribution >= 0.6 is 11.8 Å². The molecule has 0 fully saturated rings. The van der Waals surface area contributed by atoms with E-state index in [1.54, 1.807) is 27.8 Å². The molecule has 0 aliphatic rings. The summed E-state index contributed by atoms with van der Waals surface area (Å²) in [5.41, 5.74) is 2.66. The van der Waals surface area contributed by atoms with Crippen LogP contribution in [0, 0.1) is 5.82 Å². The van der Waals surface area contributed by atoms with E-state index in [9.17, 15) is 27.2 Å². The van der Waals surface area contributed by atoms with Gasteiger partial charge in [0.05, 0.1) is 5.56 Å². The van der Waals surface area contributed by atoms with Gasteiger partial charge in [-0.3, -0.25) is 9.59 Å². The van der Waals surface area contributed by atoms with Crippen molar-refractivity contribution >= 4 is 17.7 Å². The van der Waals surface area contributed by atoms with Crippen molar-refractivity contribution in [3.05, 3.63) is 117 Å². The fraction of sp³-hybridized carbons (Fsp3) is 0.281. The smallest absolute Gasteiger partial charge is 0.337 e. The van der Waals surface area contributed by atoms with Crippen LogP contribution < -0.4 is 5.56 Å². The first-order valence-electron chi connectivity index (χ1n) is 13.6. The molecule has 0 aliphatic heterocycles. The van der Waals surface area contributed by atoms with Gasteiger partial charge in [-0.2, -0.15) is 18.2 Å². The first kappa shape index (κ1) is 31.0. The van der Waals surface area contributed by atoms with Crippen molar-refractivity contribution in [3.63, 3.8) is 0 Å². The number of rotatable bonds is 11. The second kappa shape index (κ2) is 13.8. The van der Waals surface area contributed by atoms with E-state index in [-0.39, 0.29) is 23.8 Å². The third kappa shape index (κ3) is 8.09. The van der Waals surface area contributed by atoms with Gasteiger partial charge in [-0.05, 0) is 59.4 Å². The summed E-state index contributed by atoms with van der Waals surface area (Å²) in [4.78, 5) is 32.0. The molecule has 10 heteroatoms. The Balaban J connectivity index is 1.49. The summed E-state index contributed by atoms with van der Waals surface area (Å²) in [5, 5.41) is 0.409. The van der Waals surface area contributed by atoms with Gasteiger partial charge >= 0.3 is 6.18 Å².